The van der Waals surface area contributed by atoms with Crippen molar-refractivity contribution in [3.63, 3.8) is 0 Å². The summed E-state index contributed by atoms with van der Waals surface area (Å²) >= 11 is 0. The number of rotatable bonds is 7. The third-order valence-electron chi connectivity index (χ3n) is 5.39. The average molecular weight is 472 g/mol. The molecule has 3 aromatic carbocycles. The van der Waals surface area contributed by atoms with E-state index in [2.05, 4.69) is 4.74 Å². The summed E-state index contributed by atoms with van der Waals surface area (Å²) in [5.74, 6) is -1.99. The van der Waals surface area contributed by atoms with Gasteiger partial charge < -0.3 is 24.9 Å². The topological polar surface area (TPSA) is 104 Å². The van der Waals surface area contributed by atoms with E-state index in [0.717, 1.165) is 0 Å². The molecule has 0 bridgehead atoms. The molecule has 7 nitrogen and oxygen atoms in total. The number of ether oxygens (including phenoxy) is 2. The molecule has 0 aliphatic carbocycles. The number of benzene rings is 3. The summed E-state index contributed by atoms with van der Waals surface area (Å²) in [7, 11) is 0. The van der Waals surface area contributed by atoms with Gasteiger partial charge in [-0.15, -0.1) is 13.2 Å². The zero-order valence-electron chi connectivity index (χ0n) is 17.8. The first kappa shape index (κ1) is 23.0. The zero-order valence-corrected chi connectivity index (χ0v) is 17.8. The first-order chi connectivity index (χ1) is 16.1. The molecule has 1 aromatic heterocycles. The maximum Gasteiger partial charge on any atom is 0.573 e. The fourth-order valence-electron chi connectivity index (χ4n) is 4.11. The second kappa shape index (κ2) is 8.62. The minimum Gasteiger partial charge on any atom is -0.481 e. The van der Waals surface area contributed by atoms with Gasteiger partial charge in [0.15, 0.2) is 6.61 Å². The highest BCUT2D eigenvalue weighted by Crippen LogP contribution is 2.41. The molecule has 1 unspecified atom stereocenters. The molecule has 10 heteroatoms. The maximum atomic E-state index is 12.7. The van der Waals surface area contributed by atoms with Crippen molar-refractivity contribution >= 4 is 33.7 Å². The number of amides is 1. The number of fused-ring (bicyclic) bond motifs is 3. The van der Waals surface area contributed by atoms with Gasteiger partial charge in [-0.2, -0.15) is 0 Å². The summed E-state index contributed by atoms with van der Waals surface area (Å²) in [6, 6.07) is 15.0. The van der Waals surface area contributed by atoms with Crippen LogP contribution in [-0.4, -0.2) is 34.5 Å². The number of primary amides is 1. The molecule has 0 fully saturated rings. The monoisotopic (exact) mass is 472 g/mol. The van der Waals surface area contributed by atoms with E-state index in [0.29, 0.717) is 27.4 Å². The fraction of sp³-hybridized carbons (Fsp3) is 0.167. The SMILES string of the molecule is CC(c1cccc(OC(F)(F)F)c1)n1c2cccc(OCC(=O)O)c2c2c(C(N)=O)cccc21. The smallest absolute Gasteiger partial charge is 0.481 e. The van der Waals surface area contributed by atoms with Gasteiger partial charge in [-0.25, -0.2) is 4.79 Å². The van der Waals surface area contributed by atoms with Gasteiger partial charge in [0, 0.05) is 10.9 Å². The number of aliphatic carboxylic acids is 1. The van der Waals surface area contributed by atoms with Crippen LogP contribution in [0.4, 0.5) is 13.2 Å². The Kier molecular flexibility index (Phi) is 5.82. The van der Waals surface area contributed by atoms with Gasteiger partial charge in [-0.05, 0) is 48.9 Å². The lowest BCUT2D eigenvalue weighted by molar-refractivity contribution is -0.274. The van der Waals surface area contributed by atoms with Crippen LogP contribution in [0.1, 0.15) is 28.9 Å². The molecule has 0 saturated heterocycles. The van der Waals surface area contributed by atoms with Crippen molar-refractivity contribution in [2.75, 3.05) is 6.61 Å². The van der Waals surface area contributed by atoms with E-state index in [9.17, 15) is 22.8 Å². The molecule has 4 aromatic rings. The van der Waals surface area contributed by atoms with E-state index in [4.69, 9.17) is 15.6 Å². The number of hydrogen-bond acceptors (Lipinski definition) is 4. The van der Waals surface area contributed by atoms with Gasteiger partial charge in [0.25, 0.3) is 0 Å². The Bertz CT molecular complexity index is 1410. The van der Waals surface area contributed by atoms with Crippen LogP contribution in [0.25, 0.3) is 21.8 Å². The van der Waals surface area contributed by atoms with Crippen molar-refractivity contribution in [3.8, 4) is 11.5 Å². The molecule has 0 radical (unpaired) electrons. The van der Waals surface area contributed by atoms with Crippen molar-refractivity contribution < 1.29 is 37.3 Å². The molecule has 34 heavy (non-hydrogen) atoms. The number of nitrogens with zero attached hydrogens (tertiary/aromatic N) is 1. The summed E-state index contributed by atoms with van der Waals surface area (Å²) < 4.78 is 49.6. The Hall–Kier alpha value is -4.21. The minimum absolute atomic E-state index is 0.203. The Morgan fingerprint density at radius 2 is 1.68 bits per heavy atom. The predicted octanol–water partition coefficient (Wildman–Crippen LogP) is 4.86. The van der Waals surface area contributed by atoms with E-state index in [1.54, 1.807) is 49.4 Å². The van der Waals surface area contributed by atoms with Crippen molar-refractivity contribution in [2.45, 2.75) is 19.3 Å². The van der Waals surface area contributed by atoms with E-state index in [1.807, 2.05) is 4.57 Å². The number of carboxylic acid groups (broad SMARTS) is 1. The Morgan fingerprint density at radius 1 is 1.03 bits per heavy atom. The molecule has 4 rings (SSSR count). The maximum absolute atomic E-state index is 12.7. The standard InChI is InChI=1S/C24H19F3N2O5/c1-13(14-5-2-6-15(11-14)34-24(25,26)27)29-17-8-3-7-16(23(28)32)21(17)22-18(29)9-4-10-19(22)33-12-20(30)31/h2-11,13H,12H2,1H3,(H2,28,32)(H,30,31). The average Bonchev–Trinajstić information content (AvgIpc) is 3.11. The van der Waals surface area contributed by atoms with Gasteiger partial charge in [-0.1, -0.05) is 24.3 Å². The summed E-state index contributed by atoms with van der Waals surface area (Å²) in [6.45, 7) is 1.18. The number of hydrogen-bond donors (Lipinski definition) is 2. The lowest BCUT2D eigenvalue weighted by Gasteiger charge is -2.19. The van der Waals surface area contributed by atoms with Crippen LogP contribution in [0.2, 0.25) is 0 Å². The number of nitrogens with two attached hydrogens (primary N) is 1. The van der Waals surface area contributed by atoms with E-state index in [1.165, 1.54) is 18.2 Å². The highest BCUT2D eigenvalue weighted by molar-refractivity contribution is 6.19. The van der Waals surface area contributed by atoms with Crippen LogP contribution in [0.15, 0.2) is 60.7 Å². The van der Waals surface area contributed by atoms with Crippen molar-refractivity contribution in [1.29, 1.82) is 0 Å². The van der Waals surface area contributed by atoms with Crippen LogP contribution in [0, 0.1) is 0 Å². The van der Waals surface area contributed by atoms with E-state index >= 15 is 0 Å². The number of carbonyl (C=O) groups is 2. The van der Waals surface area contributed by atoms with E-state index in [-0.39, 0.29) is 17.1 Å². The van der Waals surface area contributed by atoms with Gasteiger partial charge >= 0.3 is 12.3 Å². The molecular formula is C24H19F3N2O5. The molecule has 0 aliphatic heterocycles. The summed E-state index contributed by atoms with van der Waals surface area (Å²) in [5.41, 5.74) is 7.49. The normalized spacial score (nSPS) is 12.6. The lowest BCUT2D eigenvalue weighted by atomic mass is 10.1. The molecule has 1 atom stereocenters. The quantitative estimate of drug-likeness (QED) is 0.400. The number of alkyl halides is 3. The van der Waals surface area contributed by atoms with Gasteiger partial charge in [0.05, 0.1) is 22.5 Å². The largest absolute Gasteiger partial charge is 0.573 e. The van der Waals surface area contributed by atoms with Gasteiger partial charge in [0.1, 0.15) is 11.5 Å². The lowest BCUT2D eigenvalue weighted by Crippen LogP contribution is -2.17. The van der Waals surface area contributed by atoms with Crippen molar-refractivity contribution in [3.05, 3.63) is 71.8 Å². The summed E-state index contributed by atoms with van der Waals surface area (Å²) in [5, 5.41) is 9.99. The zero-order chi connectivity index (χ0) is 24.6. The van der Waals surface area contributed by atoms with Gasteiger partial charge in [-0.3, -0.25) is 4.79 Å². The van der Waals surface area contributed by atoms with Crippen LogP contribution >= 0.6 is 0 Å². The summed E-state index contributed by atoms with van der Waals surface area (Å²) in [6.07, 6.45) is -4.83. The number of carbonyl (C=O) groups excluding carboxylic acids is 1. The highest BCUT2D eigenvalue weighted by atomic mass is 19.4. The van der Waals surface area contributed by atoms with Crippen LogP contribution < -0.4 is 15.2 Å². The Balaban J connectivity index is 1.97. The van der Waals surface area contributed by atoms with Crippen molar-refractivity contribution in [2.24, 2.45) is 5.73 Å². The van der Waals surface area contributed by atoms with Crippen LogP contribution in [0.3, 0.4) is 0 Å². The molecule has 0 aliphatic rings. The second-order valence-corrected chi connectivity index (χ2v) is 7.56. The van der Waals surface area contributed by atoms with Gasteiger partial charge in [0.2, 0.25) is 5.91 Å². The second-order valence-electron chi connectivity index (χ2n) is 7.56. The number of halogens is 3. The first-order valence-corrected chi connectivity index (χ1v) is 10.1. The molecule has 0 spiro atoms. The summed E-state index contributed by atoms with van der Waals surface area (Å²) in [4.78, 5) is 23.3. The Labute approximate surface area is 191 Å². The molecule has 3 N–H and O–H groups in total. The number of aromatic nitrogens is 1. The van der Waals surface area contributed by atoms with Crippen LogP contribution in [0.5, 0.6) is 11.5 Å². The predicted molar refractivity (Wildman–Crippen MR) is 118 cm³/mol. The third kappa shape index (κ3) is 4.34. The number of carboxylic acids is 1. The Morgan fingerprint density at radius 3 is 2.32 bits per heavy atom. The molecule has 176 valence electrons. The van der Waals surface area contributed by atoms with Crippen molar-refractivity contribution in [1.82, 2.24) is 4.57 Å². The van der Waals surface area contributed by atoms with E-state index < -0.39 is 30.9 Å². The molecular weight excluding hydrogens is 453 g/mol. The van der Waals surface area contributed by atoms with Crippen LogP contribution in [-0.2, 0) is 4.79 Å². The fourth-order valence-corrected chi connectivity index (χ4v) is 4.11. The molecule has 1 heterocycles. The molecule has 0 saturated carbocycles. The third-order valence-corrected chi connectivity index (χ3v) is 5.39. The minimum atomic E-state index is -4.83. The first-order valence-electron chi connectivity index (χ1n) is 10.1. The molecule has 1 amide bonds. The highest BCUT2D eigenvalue weighted by Gasteiger charge is 2.31.